The molecule has 0 saturated carbocycles. The van der Waals surface area contributed by atoms with Gasteiger partial charge in [0.05, 0.1) is 39.1 Å². The molecule has 0 unspecified atom stereocenters. The minimum atomic E-state index is -0.992. The van der Waals surface area contributed by atoms with E-state index in [1.807, 2.05) is 35.3 Å². The van der Waals surface area contributed by atoms with E-state index in [1.165, 1.54) is 28.3 Å². The summed E-state index contributed by atoms with van der Waals surface area (Å²) in [5, 5.41) is 12.6. The van der Waals surface area contributed by atoms with Crippen molar-refractivity contribution in [1.29, 1.82) is 0 Å². The van der Waals surface area contributed by atoms with E-state index in [1.54, 1.807) is 18.1 Å². The van der Waals surface area contributed by atoms with Crippen LogP contribution < -0.4 is 10.4 Å². The van der Waals surface area contributed by atoms with Crippen LogP contribution in [0.2, 0.25) is 0 Å². The maximum Gasteiger partial charge on any atom is 0.278 e. The molecule has 1 amide bonds. The molecule has 2 aliphatic heterocycles. The van der Waals surface area contributed by atoms with Crippen molar-refractivity contribution in [2.75, 3.05) is 45.1 Å². The smallest absolute Gasteiger partial charge is 0.278 e. The Morgan fingerprint density at radius 2 is 1.91 bits per heavy atom. The fourth-order valence-corrected chi connectivity index (χ4v) is 7.36. The van der Waals surface area contributed by atoms with Gasteiger partial charge in [0.25, 0.3) is 5.91 Å². The third kappa shape index (κ3) is 4.36. The molecule has 2 aromatic heterocycles. The minimum Gasteiger partial charge on any atom is -0.502 e. The molecule has 0 spiro atoms. The van der Waals surface area contributed by atoms with Crippen molar-refractivity contribution in [2.45, 2.75) is 18.8 Å². The first-order valence-corrected chi connectivity index (χ1v) is 14.6. The van der Waals surface area contributed by atoms with Gasteiger partial charge in [0.1, 0.15) is 6.17 Å². The molecule has 9 nitrogen and oxygen atoms in total. The van der Waals surface area contributed by atoms with Crippen molar-refractivity contribution in [3.05, 3.63) is 98.3 Å². The number of aromatic nitrogens is 1. The van der Waals surface area contributed by atoms with Gasteiger partial charge in [-0.05, 0) is 28.8 Å². The highest BCUT2D eigenvalue weighted by molar-refractivity contribution is 7.16. The summed E-state index contributed by atoms with van der Waals surface area (Å²) in [6.07, 6.45) is 0.759. The lowest BCUT2D eigenvalue weighted by Gasteiger charge is -2.51. The molecule has 4 aromatic rings. The molecule has 7 rings (SSSR count). The van der Waals surface area contributed by atoms with Crippen LogP contribution in [0.3, 0.4) is 0 Å². The standard InChI is InChI=1S/C31H27F2N3O6S/c1-40-12-13-42-15-17-14-21-25-20(6-7-22(32)26(25)33)27(18-4-2-3-5-19(18)30(21)43-17)36-24-16-41-11-10-34(24)31(39)28-29(38)23(37)8-9-35(28)36/h2-9,14,24,27,38H,10-13,15-16H2,1H3/t24-,27-/m1/s1. The zero-order valence-corrected chi connectivity index (χ0v) is 23.9. The van der Waals surface area contributed by atoms with Gasteiger partial charge < -0.3 is 24.2 Å². The van der Waals surface area contributed by atoms with Crippen LogP contribution in [0, 0.1) is 11.6 Å². The highest BCUT2D eigenvalue weighted by Crippen LogP contribution is 2.52. The highest BCUT2D eigenvalue weighted by atomic mass is 32.1. The number of carbonyl (C=O) groups is 1. The summed E-state index contributed by atoms with van der Waals surface area (Å²) < 4.78 is 49.2. The summed E-state index contributed by atoms with van der Waals surface area (Å²) in [6, 6.07) is 12.5. The lowest BCUT2D eigenvalue weighted by Crippen LogP contribution is -2.66. The number of thiophene rings is 1. The van der Waals surface area contributed by atoms with Crippen LogP contribution in [0.25, 0.3) is 21.6 Å². The van der Waals surface area contributed by atoms with Gasteiger partial charge in [0.2, 0.25) is 5.43 Å². The third-order valence-electron chi connectivity index (χ3n) is 8.09. The number of ether oxygens (including phenoxy) is 3. The molecule has 3 aliphatic rings. The van der Waals surface area contributed by atoms with Crippen LogP contribution in [0.4, 0.5) is 8.78 Å². The largest absolute Gasteiger partial charge is 0.502 e. The van der Waals surface area contributed by atoms with Crippen molar-refractivity contribution >= 4 is 17.2 Å². The fraction of sp³-hybridized carbons (Fsp3) is 0.290. The maximum absolute atomic E-state index is 16.1. The Morgan fingerprint density at radius 3 is 2.74 bits per heavy atom. The third-order valence-corrected chi connectivity index (χ3v) is 9.23. The van der Waals surface area contributed by atoms with Gasteiger partial charge >= 0.3 is 0 Å². The summed E-state index contributed by atoms with van der Waals surface area (Å²) in [6.45, 7) is 1.72. The van der Waals surface area contributed by atoms with Crippen LogP contribution in [0.1, 0.15) is 32.5 Å². The molecule has 1 saturated heterocycles. The Morgan fingerprint density at radius 1 is 1.07 bits per heavy atom. The number of hydrogen-bond acceptors (Lipinski definition) is 8. The Balaban J connectivity index is 1.49. The van der Waals surface area contributed by atoms with Crippen molar-refractivity contribution in [2.24, 2.45) is 0 Å². The van der Waals surface area contributed by atoms with Gasteiger partial charge in [0.15, 0.2) is 23.1 Å². The number of aromatic hydroxyl groups is 1. The van der Waals surface area contributed by atoms with Gasteiger partial charge in [0, 0.05) is 46.8 Å². The fourth-order valence-electron chi connectivity index (χ4n) is 6.21. The summed E-state index contributed by atoms with van der Waals surface area (Å²) in [7, 11) is 1.59. The van der Waals surface area contributed by atoms with E-state index in [-0.39, 0.29) is 37.6 Å². The van der Waals surface area contributed by atoms with Crippen LogP contribution >= 0.6 is 11.3 Å². The van der Waals surface area contributed by atoms with Crippen molar-refractivity contribution in [3.8, 4) is 27.3 Å². The first-order chi connectivity index (χ1) is 20.9. The first kappa shape index (κ1) is 27.7. The topological polar surface area (TPSA) is 93.5 Å². The number of methoxy groups -OCH3 is 1. The number of rotatable bonds is 6. The summed E-state index contributed by atoms with van der Waals surface area (Å²) in [5.74, 6) is -3.16. The Bertz CT molecular complexity index is 1810. The van der Waals surface area contributed by atoms with Crippen LogP contribution in [0.5, 0.6) is 5.75 Å². The average molecular weight is 608 g/mol. The second kappa shape index (κ2) is 10.9. The van der Waals surface area contributed by atoms with Crippen LogP contribution in [-0.2, 0) is 20.8 Å². The number of nitrogens with zero attached hydrogens (tertiary/aromatic N) is 3. The Kier molecular flexibility index (Phi) is 7.01. The lowest BCUT2D eigenvalue weighted by atomic mass is 9.91. The zero-order valence-electron chi connectivity index (χ0n) is 23.1. The Labute approximate surface area is 249 Å². The van der Waals surface area contributed by atoms with Gasteiger partial charge in [-0.15, -0.1) is 11.3 Å². The molecule has 2 aromatic carbocycles. The average Bonchev–Trinajstić information content (AvgIpc) is 3.39. The number of amides is 1. The maximum atomic E-state index is 16.1. The summed E-state index contributed by atoms with van der Waals surface area (Å²) >= 11 is 1.44. The van der Waals surface area contributed by atoms with Crippen molar-refractivity contribution in [3.63, 3.8) is 0 Å². The van der Waals surface area contributed by atoms with Gasteiger partial charge in [-0.2, -0.15) is 0 Å². The van der Waals surface area contributed by atoms with E-state index in [2.05, 4.69) is 0 Å². The van der Waals surface area contributed by atoms with E-state index in [4.69, 9.17) is 14.2 Å². The second-order valence-electron chi connectivity index (χ2n) is 10.5. The van der Waals surface area contributed by atoms with Crippen LogP contribution in [0.15, 0.2) is 59.5 Å². The SMILES string of the molecule is COCCOCc1cc2c(s1)-c1ccccc1[C@@H](N1[C@@H]3COCCN3C(=O)c3c(O)c(=O)ccn31)c1ccc(F)c(F)c1-2. The quantitative estimate of drug-likeness (QED) is 0.328. The molecule has 2 atom stereocenters. The molecule has 1 aliphatic carbocycles. The molecular weight excluding hydrogens is 580 g/mol. The number of halogens is 2. The van der Waals surface area contributed by atoms with Crippen LogP contribution in [-0.4, -0.2) is 66.8 Å². The van der Waals surface area contributed by atoms with E-state index < -0.39 is 40.9 Å². The second-order valence-corrected chi connectivity index (χ2v) is 11.6. The monoisotopic (exact) mass is 607 g/mol. The Hall–Kier alpha value is -4.10. The molecule has 0 radical (unpaired) electrons. The first-order valence-electron chi connectivity index (χ1n) is 13.8. The molecule has 0 bridgehead atoms. The molecule has 43 heavy (non-hydrogen) atoms. The molecule has 1 fully saturated rings. The molecule has 4 heterocycles. The van der Waals surface area contributed by atoms with E-state index in [9.17, 15) is 14.7 Å². The number of fused-ring (bicyclic) bond motifs is 7. The number of hydrogen-bond donors (Lipinski definition) is 1. The number of morpholine rings is 1. The normalized spacial score (nSPS) is 18.8. The van der Waals surface area contributed by atoms with Gasteiger partial charge in [-0.1, -0.05) is 30.3 Å². The summed E-state index contributed by atoms with van der Waals surface area (Å²) in [4.78, 5) is 29.2. The zero-order chi connectivity index (χ0) is 29.8. The predicted molar refractivity (Wildman–Crippen MR) is 155 cm³/mol. The van der Waals surface area contributed by atoms with Gasteiger partial charge in [-0.3, -0.25) is 19.3 Å². The minimum absolute atomic E-state index is 0.0996. The van der Waals surface area contributed by atoms with Crippen molar-refractivity contribution in [1.82, 2.24) is 9.58 Å². The molecular formula is C31H27F2N3O6S. The number of pyridine rings is 1. The van der Waals surface area contributed by atoms with E-state index in [0.29, 0.717) is 24.3 Å². The predicted octanol–water partition coefficient (Wildman–Crippen LogP) is 4.24. The number of carbonyl (C=O) groups excluding carboxylic acids is 1. The van der Waals surface area contributed by atoms with E-state index >= 15 is 8.78 Å². The highest BCUT2D eigenvalue weighted by Gasteiger charge is 2.46. The molecule has 222 valence electrons. The van der Waals surface area contributed by atoms with Crippen molar-refractivity contribution < 1.29 is 32.9 Å². The van der Waals surface area contributed by atoms with Gasteiger partial charge in [-0.25, -0.2) is 8.78 Å². The van der Waals surface area contributed by atoms with E-state index in [0.717, 1.165) is 26.9 Å². The summed E-state index contributed by atoms with van der Waals surface area (Å²) in [5.41, 5.74) is 1.78. The molecule has 1 N–H and O–H groups in total. The molecule has 12 heteroatoms. The lowest BCUT2D eigenvalue weighted by molar-refractivity contribution is -0.0196. The number of benzene rings is 2.